The Bertz CT molecular complexity index is 822. The van der Waals surface area contributed by atoms with Crippen LogP contribution >= 0.6 is 23.3 Å². The zero-order valence-corrected chi connectivity index (χ0v) is 15.0. The average Bonchev–Trinajstić information content (AvgIpc) is 3.05. The highest BCUT2D eigenvalue weighted by Gasteiger charge is 2.53. The Hall–Kier alpha value is -2.67. The van der Waals surface area contributed by atoms with E-state index in [9.17, 15) is 14.4 Å². The first-order valence-corrected chi connectivity index (χ1v) is 9.24. The third kappa shape index (κ3) is 3.22. The highest BCUT2D eigenvalue weighted by molar-refractivity contribution is 8.00. The minimum atomic E-state index is -1.19. The molecule has 11 nitrogen and oxygen atoms in total. The van der Waals surface area contributed by atoms with Gasteiger partial charge in [-0.05, 0) is 13.0 Å². The van der Waals surface area contributed by atoms with E-state index in [1.54, 1.807) is 6.92 Å². The predicted octanol–water partition coefficient (Wildman–Crippen LogP) is -0.771. The number of nitrogens with zero attached hydrogens (tertiary/aromatic N) is 4. The molecule has 1 saturated heterocycles. The summed E-state index contributed by atoms with van der Waals surface area (Å²) < 4.78 is 3.92. The second-order valence-corrected chi connectivity index (χ2v) is 7.02. The molecule has 0 radical (unpaired) electrons. The number of oxime groups is 1. The van der Waals surface area contributed by atoms with E-state index in [-0.39, 0.29) is 29.0 Å². The zero-order chi connectivity index (χ0) is 18.8. The average molecular weight is 398 g/mol. The lowest BCUT2D eigenvalue weighted by molar-refractivity contribution is -0.150. The molecule has 2 aliphatic rings. The van der Waals surface area contributed by atoms with Gasteiger partial charge >= 0.3 is 5.97 Å². The van der Waals surface area contributed by atoms with Crippen LogP contribution in [0.5, 0.6) is 0 Å². The summed E-state index contributed by atoms with van der Waals surface area (Å²) in [5, 5.41) is 15.1. The monoisotopic (exact) mass is 398 g/mol. The van der Waals surface area contributed by atoms with Gasteiger partial charge in [-0.25, -0.2) is 4.79 Å². The van der Waals surface area contributed by atoms with Crippen molar-refractivity contribution in [2.24, 2.45) is 5.16 Å². The maximum absolute atomic E-state index is 12.5. The van der Waals surface area contributed by atoms with Crippen molar-refractivity contribution in [2.45, 2.75) is 18.3 Å². The van der Waals surface area contributed by atoms with Gasteiger partial charge in [0.15, 0.2) is 5.13 Å². The van der Waals surface area contributed by atoms with Crippen LogP contribution in [-0.2, 0) is 19.2 Å². The highest BCUT2D eigenvalue weighted by Crippen LogP contribution is 2.37. The molecule has 0 bridgehead atoms. The van der Waals surface area contributed by atoms with Gasteiger partial charge in [0, 0.05) is 17.3 Å². The quantitative estimate of drug-likeness (QED) is 0.317. The summed E-state index contributed by atoms with van der Waals surface area (Å²) in [6.45, 7) is 1.91. The summed E-state index contributed by atoms with van der Waals surface area (Å²) >= 11 is 2.24. The van der Waals surface area contributed by atoms with Crippen LogP contribution in [0.3, 0.4) is 0 Å². The summed E-state index contributed by atoms with van der Waals surface area (Å²) in [7, 11) is 0. The van der Waals surface area contributed by atoms with Crippen molar-refractivity contribution in [1.29, 1.82) is 0 Å². The molecule has 0 aromatic carbocycles. The van der Waals surface area contributed by atoms with Crippen LogP contribution in [0.25, 0.3) is 0 Å². The van der Waals surface area contributed by atoms with Gasteiger partial charge in [-0.2, -0.15) is 9.36 Å². The van der Waals surface area contributed by atoms with E-state index in [0.29, 0.717) is 5.75 Å². The molecule has 0 saturated carbocycles. The Labute approximate surface area is 155 Å². The molecule has 13 heteroatoms. The van der Waals surface area contributed by atoms with Gasteiger partial charge in [0.25, 0.3) is 11.8 Å². The number of carboxylic acids is 1. The first-order valence-electron chi connectivity index (χ1n) is 7.42. The summed E-state index contributed by atoms with van der Waals surface area (Å²) in [6.07, 6.45) is 1.46. The van der Waals surface area contributed by atoms with Crippen molar-refractivity contribution in [3.63, 3.8) is 0 Å². The number of amides is 2. The fourth-order valence-electron chi connectivity index (χ4n) is 2.39. The number of thioether (sulfide) groups is 1. The number of nitrogens with one attached hydrogen (secondary N) is 1. The minimum Gasteiger partial charge on any atom is -0.477 e. The van der Waals surface area contributed by atoms with Crippen molar-refractivity contribution in [1.82, 2.24) is 19.6 Å². The molecule has 0 aliphatic carbocycles. The standard InChI is InChI=1S/C13H14N6O5S2/c1-2-24-17-6(8-16-13(14)26-18-8)9(20)15-7-10(21)19-5(12(22)23)3-4-25-11(7)19/h3,7,11H,2,4H2,1H3,(H,15,20)(H,22,23)(H2,14,16,18)/t7?,11-/m0/s1. The first kappa shape index (κ1) is 18.1. The fourth-order valence-corrected chi connectivity index (χ4v) is 4.02. The Balaban J connectivity index is 1.76. The van der Waals surface area contributed by atoms with Crippen molar-refractivity contribution in [2.75, 3.05) is 18.1 Å². The third-order valence-corrected chi connectivity index (χ3v) is 5.23. The molecule has 3 rings (SSSR count). The highest BCUT2D eigenvalue weighted by atomic mass is 32.2. The van der Waals surface area contributed by atoms with Crippen LogP contribution in [0, 0.1) is 0 Å². The van der Waals surface area contributed by atoms with E-state index in [4.69, 9.17) is 15.7 Å². The molecule has 4 N–H and O–H groups in total. The second-order valence-electron chi connectivity index (χ2n) is 5.09. The van der Waals surface area contributed by atoms with Crippen molar-refractivity contribution < 1.29 is 24.3 Å². The second kappa shape index (κ2) is 7.29. The summed E-state index contributed by atoms with van der Waals surface area (Å²) in [5.41, 5.74) is 5.24. The zero-order valence-electron chi connectivity index (χ0n) is 13.4. The molecule has 26 heavy (non-hydrogen) atoms. The summed E-state index contributed by atoms with van der Waals surface area (Å²) in [5.74, 6) is -1.99. The van der Waals surface area contributed by atoms with E-state index >= 15 is 0 Å². The lowest BCUT2D eigenvalue weighted by Crippen LogP contribution is -2.70. The van der Waals surface area contributed by atoms with Gasteiger partial charge in [-0.1, -0.05) is 5.16 Å². The van der Waals surface area contributed by atoms with Gasteiger partial charge in [-0.3, -0.25) is 14.5 Å². The molecule has 0 spiro atoms. The molecule has 138 valence electrons. The van der Waals surface area contributed by atoms with Crippen LogP contribution < -0.4 is 11.1 Å². The number of carboxylic acid groups (broad SMARTS) is 1. The predicted molar refractivity (Wildman–Crippen MR) is 93.2 cm³/mol. The van der Waals surface area contributed by atoms with Gasteiger partial charge in [0.2, 0.25) is 11.5 Å². The number of rotatable bonds is 6. The fraction of sp³-hybridized carbons (Fsp3) is 0.385. The number of hydrogen-bond donors (Lipinski definition) is 3. The molecular formula is C13H14N6O5S2. The van der Waals surface area contributed by atoms with Crippen LogP contribution in [-0.4, -0.2) is 66.6 Å². The van der Waals surface area contributed by atoms with E-state index in [1.165, 1.54) is 17.8 Å². The van der Waals surface area contributed by atoms with Crippen molar-refractivity contribution in [3.8, 4) is 0 Å². The molecule has 1 unspecified atom stereocenters. The number of anilines is 1. The Kier molecular flexibility index (Phi) is 5.08. The van der Waals surface area contributed by atoms with Crippen molar-refractivity contribution in [3.05, 3.63) is 17.6 Å². The van der Waals surface area contributed by atoms with Gasteiger partial charge in [-0.15, -0.1) is 11.8 Å². The van der Waals surface area contributed by atoms with Crippen LogP contribution in [0.15, 0.2) is 16.9 Å². The van der Waals surface area contributed by atoms with E-state index in [2.05, 4.69) is 19.8 Å². The third-order valence-electron chi connectivity index (χ3n) is 3.51. The van der Waals surface area contributed by atoms with Crippen LogP contribution in [0.4, 0.5) is 5.13 Å². The molecule has 3 heterocycles. The Morgan fingerprint density at radius 3 is 2.96 bits per heavy atom. The molecule has 2 aliphatic heterocycles. The number of nitrogen functional groups attached to an aromatic ring is 1. The van der Waals surface area contributed by atoms with E-state index in [0.717, 1.165) is 16.4 Å². The smallest absolute Gasteiger partial charge is 0.352 e. The minimum absolute atomic E-state index is 0.00973. The van der Waals surface area contributed by atoms with Gasteiger partial charge < -0.3 is 21.0 Å². The summed E-state index contributed by atoms with van der Waals surface area (Å²) in [4.78, 5) is 46.0. The molecule has 1 aromatic heterocycles. The number of β-lactam (4-membered cyclic amide) rings is 1. The Morgan fingerprint density at radius 2 is 2.35 bits per heavy atom. The number of nitrogens with two attached hydrogens (primary N) is 1. The topological polar surface area (TPSA) is 160 Å². The molecule has 2 atom stereocenters. The van der Waals surface area contributed by atoms with Gasteiger partial charge in [0.1, 0.15) is 23.7 Å². The number of aromatic nitrogens is 2. The molecular weight excluding hydrogens is 384 g/mol. The van der Waals surface area contributed by atoms with Crippen LogP contribution in [0.2, 0.25) is 0 Å². The van der Waals surface area contributed by atoms with E-state index < -0.39 is 29.2 Å². The van der Waals surface area contributed by atoms with Crippen molar-refractivity contribution >= 4 is 51.9 Å². The van der Waals surface area contributed by atoms with E-state index in [1.807, 2.05) is 0 Å². The maximum atomic E-state index is 12.5. The molecule has 1 fully saturated rings. The van der Waals surface area contributed by atoms with Gasteiger partial charge in [0.05, 0.1) is 0 Å². The molecule has 1 aromatic rings. The largest absolute Gasteiger partial charge is 0.477 e. The number of carbonyl (C=O) groups is 3. The normalized spacial score (nSPS) is 22.2. The van der Waals surface area contributed by atoms with Crippen LogP contribution in [0.1, 0.15) is 12.7 Å². The maximum Gasteiger partial charge on any atom is 0.352 e. The lowest BCUT2D eigenvalue weighted by atomic mass is 10.0. The summed E-state index contributed by atoms with van der Waals surface area (Å²) in [6, 6.07) is -0.877. The number of carbonyl (C=O) groups excluding carboxylic acids is 2. The molecule has 2 amide bonds. The lowest BCUT2D eigenvalue weighted by Gasteiger charge is -2.48. The SMILES string of the molecule is CCON=C(C(=O)NC1C(=O)N2C(C(=O)O)=CCS[C@@H]12)c1nsc(N)n1. The first-order chi connectivity index (χ1) is 12.4. The number of aliphatic carboxylic acids is 1. The number of fused-ring (bicyclic) bond motifs is 1. The number of hydrogen-bond acceptors (Lipinski definition) is 10. The Morgan fingerprint density at radius 1 is 1.58 bits per heavy atom.